The zero-order valence-electron chi connectivity index (χ0n) is 17.7. The van der Waals surface area contributed by atoms with Crippen LogP contribution in [0.2, 0.25) is 0 Å². The lowest BCUT2D eigenvalue weighted by atomic mass is 10.1. The Hall–Kier alpha value is -2.55. The number of aromatic nitrogens is 2. The van der Waals surface area contributed by atoms with Crippen molar-refractivity contribution >= 4 is 29.9 Å². The first kappa shape index (κ1) is 23.7. The SMILES string of the molecule is CCNC(=NCc1ccccc1-n1nc(C)cc1C)NCCc1cccc(O)c1.I. The number of guanidine groups is 1. The number of benzene rings is 2. The van der Waals surface area contributed by atoms with Crippen LogP contribution in [0.4, 0.5) is 0 Å². The minimum Gasteiger partial charge on any atom is -0.508 e. The van der Waals surface area contributed by atoms with Crippen molar-refractivity contribution in [1.82, 2.24) is 20.4 Å². The fourth-order valence-corrected chi connectivity index (χ4v) is 3.27. The van der Waals surface area contributed by atoms with E-state index in [4.69, 9.17) is 4.99 Å². The fraction of sp³-hybridized carbons (Fsp3) is 0.304. The summed E-state index contributed by atoms with van der Waals surface area (Å²) in [6, 6.07) is 17.6. The molecule has 0 spiro atoms. The number of para-hydroxylation sites is 1. The lowest BCUT2D eigenvalue weighted by molar-refractivity contribution is 0.474. The van der Waals surface area contributed by atoms with Crippen molar-refractivity contribution in [3.05, 3.63) is 77.1 Å². The van der Waals surface area contributed by atoms with E-state index in [9.17, 15) is 5.11 Å². The molecule has 0 unspecified atom stereocenters. The quantitative estimate of drug-likeness (QED) is 0.250. The number of hydrogen-bond donors (Lipinski definition) is 3. The van der Waals surface area contributed by atoms with E-state index in [0.29, 0.717) is 12.3 Å². The van der Waals surface area contributed by atoms with Gasteiger partial charge in [0.25, 0.3) is 0 Å². The maximum Gasteiger partial charge on any atom is 0.191 e. The minimum absolute atomic E-state index is 0. The highest BCUT2D eigenvalue weighted by atomic mass is 127. The van der Waals surface area contributed by atoms with E-state index in [2.05, 4.69) is 47.8 Å². The molecule has 0 aliphatic carbocycles. The van der Waals surface area contributed by atoms with E-state index in [1.807, 2.05) is 35.9 Å². The van der Waals surface area contributed by atoms with Gasteiger partial charge in [-0.25, -0.2) is 9.67 Å². The van der Waals surface area contributed by atoms with E-state index in [1.165, 1.54) is 0 Å². The van der Waals surface area contributed by atoms with Gasteiger partial charge in [0, 0.05) is 18.8 Å². The third kappa shape index (κ3) is 6.48. The molecule has 2 aromatic carbocycles. The molecule has 1 heterocycles. The predicted octanol–water partition coefficient (Wildman–Crippen LogP) is 4.11. The van der Waals surface area contributed by atoms with Gasteiger partial charge in [0.2, 0.25) is 0 Å². The van der Waals surface area contributed by atoms with Crippen LogP contribution in [0.5, 0.6) is 5.75 Å². The summed E-state index contributed by atoms with van der Waals surface area (Å²) in [5, 5.41) is 20.9. The van der Waals surface area contributed by atoms with Gasteiger partial charge in [0.1, 0.15) is 5.75 Å². The van der Waals surface area contributed by atoms with Crippen LogP contribution in [0.25, 0.3) is 5.69 Å². The van der Waals surface area contributed by atoms with Gasteiger partial charge in [-0.05, 0) is 62.6 Å². The minimum atomic E-state index is 0. The van der Waals surface area contributed by atoms with Gasteiger partial charge in [-0.2, -0.15) is 5.10 Å². The third-order valence-electron chi connectivity index (χ3n) is 4.60. The Morgan fingerprint density at radius 2 is 1.87 bits per heavy atom. The van der Waals surface area contributed by atoms with Crippen molar-refractivity contribution < 1.29 is 5.11 Å². The zero-order valence-corrected chi connectivity index (χ0v) is 20.1. The first-order valence-electron chi connectivity index (χ1n) is 9.98. The molecule has 0 aliphatic rings. The Balaban J connectivity index is 0.00000320. The Morgan fingerprint density at radius 3 is 2.57 bits per heavy atom. The summed E-state index contributed by atoms with van der Waals surface area (Å²) in [7, 11) is 0. The fourth-order valence-electron chi connectivity index (χ4n) is 3.27. The van der Waals surface area contributed by atoms with Crippen LogP contribution in [-0.2, 0) is 13.0 Å². The molecule has 0 fully saturated rings. The summed E-state index contributed by atoms with van der Waals surface area (Å²) < 4.78 is 1.97. The van der Waals surface area contributed by atoms with E-state index >= 15 is 0 Å². The number of hydrogen-bond acceptors (Lipinski definition) is 3. The summed E-state index contributed by atoms with van der Waals surface area (Å²) >= 11 is 0. The normalized spacial score (nSPS) is 11.1. The van der Waals surface area contributed by atoms with Gasteiger partial charge in [0.15, 0.2) is 5.96 Å². The Bertz CT molecular complexity index is 983. The molecule has 0 amide bonds. The molecule has 7 heteroatoms. The standard InChI is InChI=1S/C23H29N5O.HI/c1-4-24-23(25-13-12-19-8-7-10-21(29)15-19)26-16-20-9-5-6-11-22(20)28-18(3)14-17(2)27-28;/h5-11,14-15,29H,4,12-13,16H2,1-3H3,(H2,24,25,26);1H. The summed E-state index contributed by atoms with van der Waals surface area (Å²) in [6.07, 6.45) is 0.807. The predicted molar refractivity (Wildman–Crippen MR) is 133 cm³/mol. The summed E-state index contributed by atoms with van der Waals surface area (Å²) in [6.45, 7) is 8.19. The molecular weight excluding hydrogens is 489 g/mol. The summed E-state index contributed by atoms with van der Waals surface area (Å²) in [5.74, 6) is 1.07. The van der Waals surface area contributed by atoms with Crippen molar-refractivity contribution in [3.63, 3.8) is 0 Å². The summed E-state index contributed by atoms with van der Waals surface area (Å²) in [4.78, 5) is 4.76. The van der Waals surface area contributed by atoms with Crippen LogP contribution in [0.15, 0.2) is 59.6 Å². The second-order valence-electron chi connectivity index (χ2n) is 7.01. The molecule has 0 bridgehead atoms. The highest BCUT2D eigenvalue weighted by Crippen LogP contribution is 2.18. The molecule has 0 saturated carbocycles. The van der Waals surface area contributed by atoms with Gasteiger partial charge < -0.3 is 15.7 Å². The number of phenolic OH excluding ortho intramolecular Hbond substituents is 1. The number of aromatic hydroxyl groups is 1. The van der Waals surface area contributed by atoms with E-state index < -0.39 is 0 Å². The number of nitrogens with zero attached hydrogens (tertiary/aromatic N) is 3. The van der Waals surface area contributed by atoms with Crippen LogP contribution in [0.3, 0.4) is 0 Å². The van der Waals surface area contributed by atoms with Gasteiger partial charge in [-0.1, -0.05) is 30.3 Å². The molecule has 0 saturated heterocycles. The Morgan fingerprint density at radius 1 is 1.07 bits per heavy atom. The molecule has 1 aromatic heterocycles. The van der Waals surface area contributed by atoms with Crippen molar-refractivity contribution in [3.8, 4) is 11.4 Å². The first-order valence-corrected chi connectivity index (χ1v) is 9.98. The highest BCUT2D eigenvalue weighted by Gasteiger charge is 2.08. The lowest BCUT2D eigenvalue weighted by Gasteiger charge is -2.13. The average Bonchev–Trinajstić information content (AvgIpc) is 3.04. The molecule has 6 nitrogen and oxygen atoms in total. The van der Waals surface area contributed by atoms with Crippen molar-refractivity contribution in [2.75, 3.05) is 13.1 Å². The topological polar surface area (TPSA) is 74.5 Å². The monoisotopic (exact) mass is 519 g/mol. The van der Waals surface area contributed by atoms with Crippen molar-refractivity contribution in [2.45, 2.75) is 33.7 Å². The summed E-state index contributed by atoms with van der Waals surface area (Å²) in [5.41, 5.74) is 5.36. The molecule has 3 N–H and O–H groups in total. The number of aryl methyl sites for hydroxylation is 2. The van der Waals surface area contributed by atoms with Crippen LogP contribution in [0.1, 0.15) is 29.4 Å². The number of nitrogens with one attached hydrogen (secondary N) is 2. The van der Waals surface area contributed by atoms with Crippen molar-refractivity contribution in [2.24, 2.45) is 4.99 Å². The largest absolute Gasteiger partial charge is 0.508 e. The molecule has 0 aliphatic heterocycles. The lowest BCUT2D eigenvalue weighted by Crippen LogP contribution is -2.38. The molecule has 0 atom stereocenters. The smallest absolute Gasteiger partial charge is 0.191 e. The maximum atomic E-state index is 9.59. The molecule has 3 aromatic rings. The van der Waals surface area contributed by atoms with Crippen LogP contribution in [-0.4, -0.2) is 33.9 Å². The van der Waals surface area contributed by atoms with Crippen LogP contribution >= 0.6 is 24.0 Å². The number of phenols is 1. The van der Waals surface area contributed by atoms with E-state index in [0.717, 1.165) is 53.7 Å². The van der Waals surface area contributed by atoms with Gasteiger partial charge in [0.05, 0.1) is 17.9 Å². The maximum absolute atomic E-state index is 9.59. The second kappa shape index (κ2) is 11.6. The van der Waals surface area contributed by atoms with E-state index in [-0.39, 0.29) is 24.0 Å². The molecule has 3 rings (SSSR count). The molecular formula is C23H30IN5O. The zero-order chi connectivity index (χ0) is 20.6. The van der Waals surface area contributed by atoms with Crippen LogP contribution < -0.4 is 10.6 Å². The Labute approximate surface area is 195 Å². The first-order chi connectivity index (χ1) is 14.1. The Kier molecular flexibility index (Phi) is 9.16. The molecule has 0 radical (unpaired) electrons. The number of aliphatic imine (C=N–C) groups is 1. The average molecular weight is 519 g/mol. The second-order valence-corrected chi connectivity index (χ2v) is 7.01. The number of halogens is 1. The van der Waals surface area contributed by atoms with E-state index in [1.54, 1.807) is 12.1 Å². The van der Waals surface area contributed by atoms with Crippen molar-refractivity contribution in [1.29, 1.82) is 0 Å². The van der Waals surface area contributed by atoms with Crippen LogP contribution in [0, 0.1) is 13.8 Å². The molecule has 30 heavy (non-hydrogen) atoms. The van der Waals surface area contributed by atoms with Gasteiger partial charge in [-0.3, -0.25) is 0 Å². The molecule has 160 valence electrons. The van der Waals surface area contributed by atoms with Gasteiger partial charge >= 0.3 is 0 Å². The number of rotatable bonds is 7. The highest BCUT2D eigenvalue weighted by molar-refractivity contribution is 14.0. The van der Waals surface area contributed by atoms with Gasteiger partial charge in [-0.15, -0.1) is 24.0 Å². The third-order valence-corrected chi connectivity index (χ3v) is 4.60.